The predicted octanol–water partition coefficient (Wildman–Crippen LogP) is 3.88. The molecule has 0 radical (unpaired) electrons. The van der Waals surface area contributed by atoms with E-state index in [0.717, 1.165) is 11.1 Å². The van der Waals surface area contributed by atoms with Crippen LogP contribution < -0.4 is 5.32 Å². The van der Waals surface area contributed by atoms with Crippen LogP contribution in [0.2, 0.25) is 0 Å². The molecule has 30 heavy (non-hydrogen) atoms. The minimum Gasteiger partial charge on any atom is -0.339 e. The average molecular weight is 401 g/mol. The number of carbonyl (C=O) groups excluding carboxylic acids is 1. The fourth-order valence-corrected chi connectivity index (χ4v) is 2.75. The number of hydrogen-bond donors (Lipinski definition) is 1. The molecule has 0 aliphatic heterocycles. The Hall–Kier alpha value is -4.40. The van der Waals surface area contributed by atoms with Crippen LogP contribution in [0.1, 0.15) is 21.9 Å². The topological polar surface area (TPSA) is 124 Å². The number of nitrogens with one attached hydrogen (secondary N) is 1. The zero-order chi connectivity index (χ0) is 20.9. The second kappa shape index (κ2) is 8.31. The molecule has 4 rings (SSSR count). The second-order valence-electron chi connectivity index (χ2n) is 6.36. The summed E-state index contributed by atoms with van der Waals surface area (Å²) < 4.78 is 5.28. The van der Waals surface area contributed by atoms with Crippen LogP contribution >= 0.6 is 0 Å². The summed E-state index contributed by atoms with van der Waals surface area (Å²) in [5, 5.41) is 17.5. The van der Waals surface area contributed by atoms with E-state index < -0.39 is 4.92 Å². The molecule has 0 aliphatic rings. The van der Waals surface area contributed by atoms with Crippen molar-refractivity contribution in [1.82, 2.24) is 15.1 Å². The normalized spacial score (nSPS) is 10.5. The van der Waals surface area contributed by atoms with Gasteiger partial charge in [-0.25, -0.2) is 0 Å². The molecule has 0 unspecified atom stereocenters. The number of amides is 1. The fourth-order valence-electron chi connectivity index (χ4n) is 2.75. The van der Waals surface area contributed by atoms with Gasteiger partial charge in [-0.3, -0.25) is 19.9 Å². The lowest BCUT2D eigenvalue weighted by Crippen LogP contribution is -2.13. The third-order valence-electron chi connectivity index (χ3n) is 4.27. The molecular formula is C21H15N5O4. The summed E-state index contributed by atoms with van der Waals surface area (Å²) in [6, 6.07) is 18.3. The van der Waals surface area contributed by atoms with Gasteiger partial charge in [-0.05, 0) is 42.0 Å². The molecule has 0 spiro atoms. The Bertz CT molecular complexity index is 1170. The Labute approximate surface area is 170 Å². The Morgan fingerprint density at radius 2 is 1.80 bits per heavy atom. The molecule has 0 atom stereocenters. The molecular weight excluding hydrogens is 386 g/mol. The molecule has 2 heterocycles. The number of non-ortho nitro benzene ring substituents is 1. The van der Waals surface area contributed by atoms with Gasteiger partial charge in [0.05, 0.1) is 11.3 Å². The number of carbonyl (C=O) groups is 1. The van der Waals surface area contributed by atoms with Crippen molar-refractivity contribution in [2.45, 2.75) is 6.42 Å². The Morgan fingerprint density at radius 3 is 2.47 bits per heavy atom. The molecule has 9 nitrogen and oxygen atoms in total. The van der Waals surface area contributed by atoms with Gasteiger partial charge in [-0.15, -0.1) is 0 Å². The van der Waals surface area contributed by atoms with Crippen LogP contribution in [0.3, 0.4) is 0 Å². The van der Waals surface area contributed by atoms with Gasteiger partial charge >= 0.3 is 0 Å². The third kappa shape index (κ3) is 4.36. The second-order valence-corrected chi connectivity index (χ2v) is 6.36. The largest absolute Gasteiger partial charge is 0.339 e. The first-order valence-corrected chi connectivity index (χ1v) is 8.97. The van der Waals surface area contributed by atoms with Gasteiger partial charge in [0.1, 0.15) is 5.69 Å². The van der Waals surface area contributed by atoms with Crippen LogP contribution in [0.25, 0.3) is 11.4 Å². The average Bonchev–Trinajstić information content (AvgIpc) is 3.23. The molecule has 4 aromatic rings. The van der Waals surface area contributed by atoms with E-state index >= 15 is 0 Å². The zero-order valence-electron chi connectivity index (χ0n) is 15.6. The highest BCUT2D eigenvalue weighted by Crippen LogP contribution is 2.21. The molecule has 0 aliphatic carbocycles. The predicted molar refractivity (Wildman–Crippen MR) is 108 cm³/mol. The van der Waals surface area contributed by atoms with Crippen LogP contribution in [-0.4, -0.2) is 26.0 Å². The SMILES string of the molecule is O=C(Nc1ccc(-c2noc(Cc3ccc([N+](=O)[O-])cc3)n2)cc1)c1ccccn1. The number of aromatic nitrogens is 3. The zero-order valence-corrected chi connectivity index (χ0v) is 15.6. The molecule has 1 amide bonds. The van der Waals surface area contributed by atoms with E-state index in [1.807, 2.05) is 0 Å². The number of benzene rings is 2. The lowest BCUT2D eigenvalue weighted by Gasteiger charge is -2.04. The van der Waals surface area contributed by atoms with Crippen molar-refractivity contribution in [1.29, 1.82) is 0 Å². The number of nitro groups is 1. The van der Waals surface area contributed by atoms with E-state index in [-0.39, 0.29) is 11.6 Å². The number of nitrogens with zero attached hydrogens (tertiary/aromatic N) is 4. The van der Waals surface area contributed by atoms with Crippen molar-refractivity contribution in [3.05, 3.63) is 100 Å². The van der Waals surface area contributed by atoms with Gasteiger partial charge in [-0.1, -0.05) is 23.4 Å². The van der Waals surface area contributed by atoms with E-state index in [2.05, 4.69) is 20.4 Å². The minimum absolute atomic E-state index is 0.0280. The summed E-state index contributed by atoms with van der Waals surface area (Å²) in [5.74, 6) is 0.509. The summed E-state index contributed by atoms with van der Waals surface area (Å²) in [7, 11) is 0. The minimum atomic E-state index is -0.447. The van der Waals surface area contributed by atoms with E-state index in [1.54, 1.807) is 60.8 Å². The quantitative estimate of drug-likeness (QED) is 0.384. The summed E-state index contributed by atoms with van der Waals surface area (Å²) in [6.07, 6.45) is 1.92. The summed E-state index contributed by atoms with van der Waals surface area (Å²) in [5.41, 5.74) is 2.52. The first kappa shape index (κ1) is 18.9. The Balaban J connectivity index is 1.42. The maximum Gasteiger partial charge on any atom is 0.274 e. The van der Waals surface area contributed by atoms with Gasteiger partial charge in [0.15, 0.2) is 0 Å². The Kier molecular flexibility index (Phi) is 5.25. The number of anilines is 1. The van der Waals surface area contributed by atoms with E-state index in [0.29, 0.717) is 29.5 Å². The lowest BCUT2D eigenvalue weighted by atomic mass is 10.1. The van der Waals surface area contributed by atoms with E-state index in [9.17, 15) is 14.9 Å². The van der Waals surface area contributed by atoms with Crippen LogP contribution in [0.4, 0.5) is 11.4 Å². The summed E-state index contributed by atoms with van der Waals surface area (Å²) >= 11 is 0. The molecule has 2 aromatic carbocycles. The van der Waals surface area contributed by atoms with Crippen molar-refractivity contribution in [2.75, 3.05) is 5.32 Å². The maximum atomic E-state index is 12.2. The third-order valence-corrected chi connectivity index (χ3v) is 4.27. The maximum absolute atomic E-state index is 12.2. The first-order valence-electron chi connectivity index (χ1n) is 8.97. The van der Waals surface area contributed by atoms with Crippen LogP contribution in [0, 0.1) is 10.1 Å². The molecule has 0 bridgehead atoms. The van der Waals surface area contributed by atoms with Gasteiger partial charge < -0.3 is 9.84 Å². The molecule has 0 saturated heterocycles. The highest BCUT2D eigenvalue weighted by molar-refractivity contribution is 6.02. The highest BCUT2D eigenvalue weighted by Gasteiger charge is 2.12. The smallest absolute Gasteiger partial charge is 0.274 e. The van der Waals surface area contributed by atoms with Crippen molar-refractivity contribution in [3.8, 4) is 11.4 Å². The van der Waals surface area contributed by atoms with Crippen LogP contribution in [0.5, 0.6) is 0 Å². The molecule has 9 heteroatoms. The number of nitro benzene ring substituents is 1. The van der Waals surface area contributed by atoms with Crippen molar-refractivity contribution < 1.29 is 14.2 Å². The molecule has 1 N–H and O–H groups in total. The number of rotatable bonds is 6. The first-order chi connectivity index (χ1) is 14.6. The van der Waals surface area contributed by atoms with Crippen LogP contribution in [-0.2, 0) is 6.42 Å². The van der Waals surface area contributed by atoms with Crippen molar-refractivity contribution in [2.24, 2.45) is 0 Å². The van der Waals surface area contributed by atoms with Gasteiger partial charge in [0.2, 0.25) is 11.7 Å². The summed E-state index contributed by atoms with van der Waals surface area (Å²) in [6.45, 7) is 0. The lowest BCUT2D eigenvalue weighted by molar-refractivity contribution is -0.384. The molecule has 0 saturated carbocycles. The number of pyridine rings is 1. The Morgan fingerprint density at radius 1 is 1.03 bits per heavy atom. The van der Waals surface area contributed by atoms with Crippen LogP contribution in [0.15, 0.2) is 77.4 Å². The molecule has 0 fully saturated rings. The highest BCUT2D eigenvalue weighted by atomic mass is 16.6. The van der Waals surface area contributed by atoms with Crippen molar-refractivity contribution >= 4 is 17.3 Å². The molecule has 2 aromatic heterocycles. The monoisotopic (exact) mass is 401 g/mol. The van der Waals surface area contributed by atoms with Gasteiger partial charge in [0, 0.05) is 29.6 Å². The van der Waals surface area contributed by atoms with E-state index in [1.165, 1.54) is 12.1 Å². The van der Waals surface area contributed by atoms with Crippen molar-refractivity contribution in [3.63, 3.8) is 0 Å². The fraction of sp³-hybridized carbons (Fsp3) is 0.0476. The number of hydrogen-bond acceptors (Lipinski definition) is 7. The molecule has 148 valence electrons. The summed E-state index contributed by atoms with van der Waals surface area (Å²) in [4.78, 5) is 30.8. The standard InChI is InChI=1S/C21H15N5O4/c27-21(18-3-1-2-12-22-18)23-16-8-6-15(7-9-16)20-24-19(30-25-20)13-14-4-10-17(11-5-14)26(28)29/h1-12H,13H2,(H,23,27). The van der Waals surface area contributed by atoms with Gasteiger partial charge in [-0.2, -0.15) is 4.98 Å². The van der Waals surface area contributed by atoms with E-state index in [4.69, 9.17) is 4.52 Å². The van der Waals surface area contributed by atoms with Gasteiger partial charge in [0.25, 0.3) is 11.6 Å².